The lowest BCUT2D eigenvalue weighted by Crippen LogP contribution is -2.37. The van der Waals surface area contributed by atoms with Gasteiger partial charge in [0.1, 0.15) is 6.54 Å². The van der Waals surface area contributed by atoms with E-state index in [2.05, 4.69) is 16.9 Å². The Morgan fingerprint density at radius 3 is 2.59 bits per heavy atom. The Hall–Kier alpha value is -2.25. The number of hydrogen-bond acceptors (Lipinski definition) is 5. The molecule has 1 N–H and O–H groups in total. The summed E-state index contributed by atoms with van der Waals surface area (Å²) in [5, 5.41) is 15.4. The van der Waals surface area contributed by atoms with Crippen molar-refractivity contribution in [1.29, 1.82) is 0 Å². The fourth-order valence-electron chi connectivity index (χ4n) is 3.83. The van der Waals surface area contributed by atoms with Crippen LogP contribution in [0.15, 0.2) is 29.1 Å². The van der Waals surface area contributed by atoms with Gasteiger partial charge in [-0.2, -0.15) is 5.10 Å². The second-order valence-electron chi connectivity index (χ2n) is 7.45. The van der Waals surface area contributed by atoms with Crippen molar-refractivity contribution in [1.82, 2.24) is 19.6 Å². The third-order valence-electron chi connectivity index (χ3n) is 5.59. The van der Waals surface area contributed by atoms with Crippen molar-refractivity contribution < 1.29 is 9.90 Å². The van der Waals surface area contributed by atoms with E-state index in [1.54, 1.807) is 11.0 Å². The molecule has 1 aromatic heterocycles. The summed E-state index contributed by atoms with van der Waals surface area (Å²) in [5.41, 5.74) is 0.486. The number of aliphatic hydroxyl groups excluding tert-OH is 1. The number of likely N-dealkylation sites (tertiary alicyclic amines) is 1. The van der Waals surface area contributed by atoms with Crippen molar-refractivity contribution in [2.24, 2.45) is 11.8 Å². The van der Waals surface area contributed by atoms with Crippen LogP contribution in [0.4, 0.5) is 0 Å². The highest BCUT2D eigenvalue weighted by Gasteiger charge is 2.35. The fourth-order valence-corrected chi connectivity index (χ4v) is 3.83. The summed E-state index contributed by atoms with van der Waals surface area (Å²) in [6.45, 7) is 6.84. The van der Waals surface area contributed by atoms with Crippen LogP contribution in [0.5, 0.6) is 0 Å². The largest absolute Gasteiger partial charge is 0.396 e. The number of amides is 1. The zero-order chi connectivity index (χ0) is 19.6. The van der Waals surface area contributed by atoms with Crippen molar-refractivity contribution in [2.45, 2.75) is 20.4 Å². The highest BCUT2D eigenvalue weighted by Crippen LogP contribution is 2.24. The highest BCUT2D eigenvalue weighted by molar-refractivity contribution is 5.83. The van der Waals surface area contributed by atoms with Crippen LogP contribution in [0.2, 0.25) is 0 Å². The summed E-state index contributed by atoms with van der Waals surface area (Å²) in [6, 6.07) is 7.32. The van der Waals surface area contributed by atoms with Crippen molar-refractivity contribution in [3.63, 3.8) is 0 Å². The minimum Gasteiger partial charge on any atom is -0.396 e. The van der Waals surface area contributed by atoms with E-state index in [0.717, 1.165) is 24.2 Å². The highest BCUT2D eigenvalue weighted by atomic mass is 16.3. The number of carbonyl (C=O) groups is 1. The molecule has 0 radical (unpaired) electrons. The van der Waals surface area contributed by atoms with Crippen LogP contribution in [0.25, 0.3) is 10.8 Å². The van der Waals surface area contributed by atoms with Gasteiger partial charge < -0.3 is 14.9 Å². The quantitative estimate of drug-likeness (QED) is 0.809. The molecular weight excluding hydrogens is 344 g/mol. The minimum absolute atomic E-state index is 0.0687. The molecule has 3 rings (SSSR count). The Labute approximate surface area is 159 Å². The van der Waals surface area contributed by atoms with Gasteiger partial charge in [0.15, 0.2) is 0 Å². The number of aryl methyl sites for hydroxylation is 1. The third kappa shape index (κ3) is 4.04. The van der Waals surface area contributed by atoms with Gasteiger partial charge in [-0.3, -0.25) is 9.59 Å². The van der Waals surface area contributed by atoms with E-state index in [4.69, 9.17) is 0 Å². The molecule has 1 aromatic carbocycles. The summed E-state index contributed by atoms with van der Waals surface area (Å²) in [6.07, 6.45) is 0. The molecule has 2 aromatic rings. The van der Waals surface area contributed by atoms with E-state index >= 15 is 0 Å². The predicted octanol–water partition coefficient (Wildman–Crippen LogP) is 0.724. The van der Waals surface area contributed by atoms with Crippen LogP contribution < -0.4 is 5.56 Å². The SMILES string of the molecule is CCN(C)C[C@@H]1CN(C(=O)Cn2nc(C)c3ccccc3c2=O)C[C@@H]1CO. The van der Waals surface area contributed by atoms with Gasteiger partial charge in [-0.1, -0.05) is 25.1 Å². The molecule has 1 saturated heterocycles. The summed E-state index contributed by atoms with van der Waals surface area (Å²) in [7, 11) is 2.04. The number of aromatic nitrogens is 2. The van der Waals surface area contributed by atoms with Gasteiger partial charge in [0.2, 0.25) is 5.91 Å². The lowest BCUT2D eigenvalue weighted by molar-refractivity contribution is -0.131. The van der Waals surface area contributed by atoms with Crippen LogP contribution in [-0.4, -0.2) is 70.4 Å². The summed E-state index contributed by atoms with van der Waals surface area (Å²) < 4.78 is 1.26. The van der Waals surface area contributed by atoms with Crippen LogP contribution in [0, 0.1) is 18.8 Å². The normalized spacial score (nSPS) is 20.0. The molecular formula is C20H28N4O3. The van der Waals surface area contributed by atoms with Crippen LogP contribution in [-0.2, 0) is 11.3 Å². The zero-order valence-corrected chi connectivity index (χ0v) is 16.3. The van der Waals surface area contributed by atoms with Crippen LogP contribution in [0.1, 0.15) is 12.6 Å². The van der Waals surface area contributed by atoms with Gasteiger partial charge in [-0.15, -0.1) is 0 Å². The minimum atomic E-state index is -0.246. The average Bonchev–Trinajstić information content (AvgIpc) is 3.08. The van der Waals surface area contributed by atoms with Crippen molar-refractivity contribution in [3.8, 4) is 0 Å². The van der Waals surface area contributed by atoms with Gasteiger partial charge in [-0.25, -0.2) is 4.68 Å². The lowest BCUT2D eigenvalue weighted by Gasteiger charge is -2.22. The number of hydrogen-bond donors (Lipinski definition) is 1. The van der Waals surface area contributed by atoms with E-state index in [1.165, 1.54) is 4.68 Å². The van der Waals surface area contributed by atoms with Crippen LogP contribution >= 0.6 is 0 Å². The number of benzene rings is 1. The standard InChI is InChI=1S/C20H28N4O3/c1-4-22(3)9-15-10-23(11-16(15)13-25)19(26)12-24-20(27)18-8-6-5-7-17(18)14(2)21-24/h5-8,15-16,25H,4,9-13H2,1-3H3/t15-,16-/m1/s1. The molecule has 27 heavy (non-hydrogen) atoms. The topological polar surface area (TPSA) is 78.7 Å². The lowest BCUT2D eigenvalue weighted by atomic mass is 9.96. The first-order chi connectivity index (χ1) is 12.9. The molecule has 7 nitrogen and oxygen atoms in total. The maximum absolute atomic E-state index is 12.8. The van der Waals surface area contributed by atoms with Gasteiger partial charge in [-0.05, 0) is 32.5 Å². The molecule has 0 saturated carbocycles. The Morgan fingerprint density at radius 1 is 1.26 bits per heavy atom. The Balaban J connectivity index is 1.77. The predicted molar refractivity (Wildman–Crippen MR) is 105 cm³/mol. The van der Waals surface area contributed by atoms with Gasteiger partial charge in [0.05, 0.1) is 11.1 Å². The van der Waals surface area contributed by atoms with E-state index in [-0.39, 0.29) is 36.5 Å². The molecule has 0 unspecified atom stereocenters. The molecule has 1 aliphatic rings. The van der Waals surface area contributed by atoms with Crippen LogP contribution in [0.3, 0.4) is 0 Å². The molecule has 146 valence electrons. The number of aliphatic hydroxyl groups is 1. The molecule has 1 fully saturated rings. The number of nitrogens with zero attached hydrogens (tertiary/aromatic N) is 4. The maximum Gasteiger partial charge on any atom is 0.275 e. The maximum atomic E-state index is 12.8. The Kier molecular flexibility index (Phi) is 5.92. The molecule has 1 amide bonds. The zero-order valence-electron chi connectivity index (χ0n) is 16.3. The second kappa shape index (κ2) is 8.19. The smallest absolute Gasteiger partial charge is 0.275 e. The molecule has 1 aliphatic heterocycles. The first-order valence-electron chi connectivity index (χ1n) is 9.48. The van der Waals surface area contributed by atoms with E-state index < -0.39 is 0 Å². The van der Waals surface area contributed by atoms with E-state index in [1.807, 2.05) is 32.2 Å². The average molecular weight is 372 g/mol. The van der Waals surface area contributed by atoms with E-state index in [9.17, 15) is 14.7 Å². The van der Waals surface area contributed by atoms with Gasteiger partial charge >= 0.3 is 0 Å². The van der Waals surface area contributed by atoms with E-state index in [0.29, 0.717) is 18.5 Å². The second-order valence-corrected chi connectivity index (χ2v) is 7.45. The fraction of sp³-hybridized carbons (Fsp3) is 0.550. The number of carbonyl (C=O) groups excluding carboxylic acids is 1. The molecule has 2 heterocycles. The Bertz CT molecular complexity index is 879. The third-order valence-corrected chi connectivity index (χ3v) is 5.59. The molecule has 0 aliphatic carbocycles. The summed E-state index contributed by atoms with van der Waals surface area (Å²) in [4.78, 5) is 29.4. The summed E-state index contributed by atoms with van der Waals surface area (Å²) in [5.74, 6) is 0.192. The first kappa shape index (κ1) is 19.5. The number of fused-ring (bicyclic) bond motifs is 1. The molecule has 7 heteroatoms. The Morgan fingerprint density at radius 2 is 1.93 bits per heavy atom. The van der Waals surface area contributed by atoms with Crippen molar-refractivity contribution >= 4 is 16.7 Å². The van der Waals surface area contributed by atoms with Crippen molar-refractivity contribution in [2.75, 3.05) is 39.8 Å². The van der Waals surface area contributed by atoms with Gasteiger partial charge in [0.25, 0.3) is 5.56 Å². The first-order valence-corrected chi connectivity index (χ1v) is 9.48. The molecule has 2 atom stereocenters. The summed E-state index contributed by atoms with van der Waals surface area (Å²) >= 11 is 0. The monoisotopic (exact) mass is 372 g/mol. The molecule has 0 bridgehead atoms. The van der Waals surface area contributed by atoms with Crippen molar-refractivity contribution in [3.05, 3.63) is 40.3 Å². The molecule has 0 spiro atoms. The number of rotatable bonds is 6. The van der Waals surface area contributed by atoms with Gasteiger partial charge in [0, 0.05) is 37.5 Å².